The van der Waals surface area contributed by atoms with E-state index in [4.69, 9.17) is 15.7 Å². The van der Waals surface area contributed by atoms with Crippen LogP contribution in [0.1, 0.15) is 122 Å². The SMILES string of the molecule is NNC(CCCCNC(=O)CCC(NC(=O)CCC(NC(=O)CCCCCCCCCCCCC(=O)O)C(=O)O)C(=O)O)C1OC1O. The highest BCUT2D eigenvalue weighted by atomic mass is 16.7. The number of carboxylic acid groups (broad SMARTS) is 3. The molecule has 10 N–H and O–H groups in total. The zero-order chi connectivity index (χ0) is 35.0. The fraction of sp³-hybridized carbons (Fsp3) is 0.806. The number of rotatable bonds is 30. The third-order valence-corrected chi connectivity index (χ3v) is 8.01. The van der Waals surface area contributed by atoms with E-state index in [0.29, 0.717) is 38.6 Å². The standard InChI is InChI=1S/C31H55N5O11/c32-36-21(28-31(46)47-28)13-11-12-20-33-24(37)18-16-22(29(42)43)35-26(39)19-17-23(30(44)45)34-25(38)14-9-7-5-3-1-2-4-6-8-10-15-27(40)41/h21-23,28,31,36,46H,1-20,32H2,(H,33,37)(H,34,38)(H,35,39)(H,40,41)(H,42,43)(H,44,45). The first kappa shape index (κ1) is 41.7. The molecular formula is C31H55N5O11. The van der Waals surface area contributed by atoms with Crippen LogP contribution in [0.15, 0.2) is 0 Å². The second-order valence-corrected chi connectivity index (χ2v) is 12.0. The zero-order valence-corrected chi connectivity index (χ0v) is 27.3. The summed E-state index contributed by atoms with van der Waals surface area (Å²) in [5, 5.41) is 44.3. The van der Waals surface area contributed by atoms with Crippen LogP contribution < -0.4 is 27.2 Å². The number of amides is 3. The monoisotopic (exact) mass is 673 g/mol. The highest BCUT2D eigenvalue weighted by Crippen LogP contribution is 2.25. The van der Waals surface area contributed by atoms with Crippen molar-refractivity contribution in [3.05, 3.63) is 0 Å². The molecule has 0 aromatic rings. The number of hydrogen-bond acceptors (Lipinski definition) is 10. The van der Waals surface area contributed by atoms with Crippen LogP contribution in [0.5, 0.6) is 0 Å². The van der Waals surface area contributed by atoms with Gasteiger partial charge >= 0.3 is 17.9 Å². The lowest BCUT2D eigenvalue weighted by molar-refractivity contribution is -0.143. The predicted octanol–water partition coefficient (Wildman–Crippen LogP) is 1.29. The lowest BCUT2D eigenvalue weighted by atomic mass is 10.0. The molecule has 0 bridgehead atoms. The third kappa shape index (κ3) is 21.2. The van der Waals surface area contributed by atoms with Crippen LogP contribution in [0.3, 0.4) is 0 Å². The molecule has 1 rings (SSSR count). The molecule has 1 aliphatic heterocycles. The normalized spacial score (nSPS) is 17.2. The second kappa shape index (κ2) is 24.8. The number of carboxylic acids is 3. The minimum atomic E-state index is -1.34. The molecule has 0 aliphatic carbocycles. The number of ether oxygens (including phenoxy) is 1. The Balaban J connectivity index is 2.19. The van der Waals surface area contributed by atoms with Crippen LogP contribution in [0.25, 0.3) is 0 Å². The summed E-state index contributed by atoms with van der Waals surface area (Å²) in [5.41, 5.74) is 2.58. The van der Waals surface area contributed by atoms with Crippen LogP contribution in [-0.4, -0.2) is 93.1 Å². The number of nitrogens with two attached hydrogens (primary N) is 1. The van der Waals surface area contributed by atoms with Gasteiger partial charge in [-0.2, -0.15) is 0 Å². The molecule has 16 heteroatoms. The number of nitrogens with one attached hydrogen (secondary N) is 4. The number of unbranched alkanes of at least 4 members (excludes halogenated alkanes) is 10. The van der Waals surface area contributed by atoms with E-state index in [1.807, 2.05) is 0 Å². The molecule has 270 valence electrons. The van der Waals surface area contributed by atoms with Crippen molar-refractivity contribution in [3.8, 4) is 0 Å². The quantitative estimate of drug-likeness (QED) is 0.0225. The number of aliphatic carboxylic acids is 3. The van der Waals surface area contributed by atoms with Crippen LogP contribution in [0, 0.1) is 0 Å². The third-order valence-electron chi connectivity index (χ3n) is 8.01. The van der Waals surface area contributed by atoms with E-state index in [-0.39, 0.29) is 56.6 Å². The molecule has 0 saturated carbocycles. The number of carbonyl (C=O) groups is 6. The predicted molar refractivity (Wildman–Crippen MR) is 169 cm³/mol. The molecular weight excluding hydrogens is 618 g/mol. The van der Waals surface area contributed by atoms with Crippen molar-refractivity contribution in [2.45, 2.75) is 153 Å². The van der Waals surface area contributed by atoms with Crippen molar-refractivity contribution in [2.24, 2.45) is 5.84 Å². The number of aliphatic hydroxyl groups is 1. The summed E-state index contributed by atoms with van der Waals surface area (Å²) < 4.78 is 4.97. The minimum absolute atomic E-state index is 0.143. The van der Waals surface area contributed by atoms with Gasteiger partial charge in [-0.05, 0) is 44.9 Å². The Morgan fingerprint density at radius 2 is 1.04 bits per heavy atom. The van der Waals surface area contributed by atoms with E-state index < -0.39 is 48.1 Å². The minimum Gasteiger partial charge on any atom is -0.481 e. The zero-order valence-electron chi connectivity index (χ0n) is 27.3. The molecule has 5 atom stereocenters. The molecule has 3 amide bonds. The summed E-state index contributed by atoms with van der Waals surface area (Å²) in [6.45, 7) is 0.358. The lowest BCUT2D eigenvalue weighted by Crippen LogP contribution is -2.44. The topological polar surface area (TPSA) is 270 Å². The van der Waals surface area contributed by atoms with Gasteiger partial charge in [0.25, 0.3) is 0 Å². The van der Waals surface area contributed by atoms with E-state index in [2.05, 4.69) is 21.4 Å². The molecule has 0 aromatic heterocycles. The largest absolute Gasteiger partial charge is 0.481 e. The molecule has 47 heavy (non-hydrogen) atoms. The van der Waals surface area contributed by atoms with Gasteiger partial charge in [-0.25, -0.2) is 9.59 Å². The molecule has 1 fully saturated rings. The number of epoxide rings is 1. The summed E-state index contributed by atoms with van der Waals surface area (Å²) in [4.78, 5) is 70.5. The number of carbonyl (C=O) groups excluding carboxylic acids is 3. The Hall–Kier alpha value is -3.34. The summed E-state index contributed by atoms with van der Waals surface area (Å²) >= 11 is 0. The van der Waals surface area contributed by atoms with Crippen LogP contribution in [-0.2, 0) is 33.5 Å². The summed E-state index contributed by atoms with van der Waals surface area (Å²) in [6.07, 6.45) is 9.68. The average Bonchev–Trinajstić information content (AvgIpc) is 3.74. The van der Waals surface area contributed by atoms with E-state index in [0.717, 1.165) is 51.4 Å². The molecule has 0 aromatic carbocycles. The van der Waals surface area contributed by atoms with E-state index >= 15 is 0 Å². The van der Waals surface area contributed by atoms with Crippen molar-refractivity contribution in [1.29, 1.82) is 0 Å². The maximum absolute atomic E-state index is 12.4. The molecule has 0 spiro atoms. The maximum atomic E-state index is 12.4. The summed E-state index contributed by atoms with van der Waals surface area (Å²) in [5.74, 6) is 0.546. The van der Waals surface area contributed by atoms with Crippen LogP contribution in [0.4, 0.5) is 0 Å². The lowest BCUT2D eigenvalue weighted by Gasteiger charge is -2.17. The number of hydrogen-bond donors (Lipinski definition) is 9. The van der Waals surface area contributed by atoms with Crippen molar-refractivity contribution < 1.29 is 53.9 Å². The first-order valence-electron chi connectivity index (χ1n) is 16.8. The van der Waals surface area contributed by atoms with Gasteiger partial charge < -0.3 is 41.1 Å². The van der Waals surface area contributed by atoms with Gasteiger partial charge in [0.2, 0.25) is 17.7 Å². The van der Waals surface area contributed by atoms with Crippen molar-refractivity contribution in [2.75, 3.05) is 6.54 Å². The van der Waals surface area contributed by atoms with Crippen molar-refractivity contribution >= 4 is 35.6 Å². The highest BCUT2D eigenvalue weighted by molar-refractivity contribution is 5.86. The van der Waals surface area contributed by atoms with Gasteiger partial charge in [0, 0.05) is 32.2 Å². The number of aliphatic hydroxyl groups excluding tert-OH is 1. The summed E-state index contributed by atoms with van der Waals surface area (Å²) in [7, 11) is 0. The van der Waals surface area contributed by atoms with Gasteiger partial charge in [-0.1, -0.05) is 51.4 Å². The molecule has 0 radical (unpaired) electrons. The Bertz CT molecular complexity index is 984. The first-order valence-corrected chi connectivity index (χ1v) is 16.8. The summed E-state index contributed by atoms with van der Waals surface area (Å²) in [6, 6.07) is -2.83. The Morgan fingerprint density at radius 3 is 1.49 bits per heavy atom. The maximum Gasteiger partial charge on any atom is 0.326 e. The van der Waals surface area contributed by atoms with Crippen LogP contribution in [0.2, 0.25) is 0 Å². The van der Waals surface area contributed by atoms with Gasteiger partial charge in [0.1, 0.15) is 18.2 Å². The Labute approximate surface area is 275 Å². The van der Waals surface area contributed by atoms with Gasteiger partial charge in [-0.15, -0.1) is 0 Å². The molecule has 1 saturated heterocycles. The van der Waals surface area contributed by atoms with Gasteiger partial charge in [0.15, 0.2) is 6.29 Å². The Morgan fingerprint density at radius 1 is 0.596 bits per heavy atom. The second-order valence-electron chi connectivity index (χ2n) is 12.0. The molecule has 1 aliphatic rings. The molecule has 16 nitrogen and oxygen atoms in total. The molecule has 5 unspecified atom stereocenters. The Kier molecular flexibility index (Phi) is 22.0. The average molecular weight is 674 g/mol. The first-order chi connectivity index (χ1) is 22.4. The fourth-order valence-corrected chi connectivity index (χ4v) is 5.13. The van der Waals surface area contributed by atoms with E-state index in [9.17, 15) is 44.1 Å². The van der Waals surface area contributed by atoms with Gasteiger partial charge in [-0.3, -0.25) is 30.4 Å². The van der Waals surface area contributed by atoms with E-state index in [1.54, 1.807) is 0 Å². The van der Waals surface area contributed by atoms with Crippen molar-refractivity contribution in [1.82, 2.24) is 21.4 Å². The fourth-order valence-electron chi connectivity index (χ4n) is 5.13. The smallest absolute Gasteiger partial charge is 0.326 e. The molecule has 1 heterocycles. The highest BCUT2D eigenvalue weighted by Gasteiger charge is 2.42. The van der Waals surface area contributed by atoms with Crippen molar-refractivity contribution in [3.63, 3.8) is 0 Å². The van der Waals surface area contributed by atoms with Gasteiger partial charge in [0.05, 0.1) is 6.04 Å². The van der Waals surface area contributed by atoms with E-state index in [1.165, 1.54) is 0 Å². The van der Waals surface area contributed by atoms with Crippen LogP contribution >= 0.6 is 0 Å². The number of hydrazine groups is 1.